The van der Waals surface area contributed by atoms with E-state index in [-0.39, 0.29) is 30.4 Å². The molecule has 0 aromatic heterocycles. The number of benzene rings is 1. The zero-order valence-corrected chi connectivity index (χ0v) is 10.9. The summed E-state index contributed by atoms with van der Waals surface area (Å²) >= 11 is 0. The van der Waals surface area contributed by atoms with Crippen molar-refractivity contribution in [3.63, 3.8) is 0 Å². The van der Waals surface area contributed by atoms with Crippen LogP contribution in [0.2, 0.25) is 0 Å². The van der Waals surface area contributed by atoms with Crippen LogP contribution in [-0.2, 0) is 5.54 Å². The molecule has 0 unspecified atom stereocenters. The molecule has 1 aromatic carbocycles. The van der Waals surface area contributed by atoms with Gasteiger partial charge in [0.05, 0.1) is 0 Å². The van der Waals surface area contributed by atoms with Crippen LogP contribution in [0.4, 0.5) is 0 Å². The van der Waals surface area contributed by atoms with Gasteiger partial charge in [-0.3, -0.25) is 0 Å². The normalized spacial score (nSPS) is 28.8. The molecule has 4 heteroatoms. The molecule has 2 rings (SSSR count). The van der Waals surface area contributed by atoms with Gasteiger partial charge in [0.2, 0.25) is 0 Å². The van der Waals surface area contributed by atoms with Gasteiger partial charge in [-0.2, -0.15) is 0 Å². The van der Waals surface area contributed by atoms with Crippen molar-refractivity contribution in [3.8, 4) is 0 Å². The molecule has 0 amide bonds. The molecule has 0 heterocycles. The van der Waals surface area contributed by atoms with E-state index in [0.717, 1.165) is 25.7 Å². The Morgan fingerprint density at radius 1 is 1.00 bits per heavy atom. The lowest BCUT2D eigenvalue weighted by Gasteiger charge is -2.36. The van der Waals surface area contributed by atoms with Crippen molar-refractivity contribution in [3.05, 3.63) is 35.9 Å². The Balaban J connectivity index is 0.00000112. The monoisotopic (exact) mass is 262 g/mol. The van der Waals surface area contributed by atoms with Gasteiger partial charge in [-0.15, -0.1) is 24.8 Å². The maximum Gasteiger partial charge on any atom is 0.0410 e. The Bertz CT molecular complexity index is 295. The fourth-order valence-corrected chi connectivity index (χ4v) is 2.21. The lowest BCUT2D eigenvalue weighted by Crippen LogP contribution is -2.43. The molecular weight excluding hydrogens is 243 g/mol. The molecule has 16 heavy (non-hydrogen) atoms. The summed E-state index contributed by atoms with van der Waals surface area (Å²) in [4.78, 5) is 0. The summed E-state index contributed by atoms with van der Waals surface area (Å²) in [5.41, 5.74) is 13.4. The summed E-state index contributed by atoms with van der Waals surface area (Å²) in [7, 11) is 0. The fraction of sp³-hybridized carbons (Fsp3) is 0.500. The highest BCUT2D eigenvalue weighted by Crippen LogP contribution is 2.33. The molecule has 1 aromatic rings. The molecule has 1 fully saturated rings. The van der Waals surface area contributed by atoms with Gasteiger partial charge in [-0.05, 0) is 31.2 Å². The lowest BCUT2D eigenvalue weighted by atomic mass is 9.76. The second-order valence-corrected chi connectivity index (χ2v) is 4.36. The molecular formula is C12H20Cl2N2. The largest absolute Gasteiger partial charge is 0.328 e. The predicted molar refractivity (Wildman–Crippen MR) is 73.2 cm³/mol. The first-order valence-electron chi connectivity index (χ1n) is 5.31. The smallest absolute Gasteiger partial charge is 0.0410 e. The SMILES string of the molecule is Cl.Cl.NC1CCC(N)(c2ccccc2)CC1. The molecule has 1 saturated carbocycles. The number of nitrogens with two attached hydrogens (primary N) is 2. The van der Waals surface area contributed by atoms with Gasteiger partial charge >= 0.3 is 0 Å². The highest BCUT2D eigenvalue weighted by atomic mass is 35.5. The molecule has 1 aliphatic rings. The molecule has 0 saturated heterocycles. The minimum Gasteiger partial charge on any atom is -0.328 e. The minimum atomic E-state index is -0.128. The Hall–Kier alpha value is -0.280. The van der Waals surface area contributed by atoms with Crippen molar-refractivity contribution < 1.29 is 0 Å². The quantitative estimate of drug-likeness (QED) is 0.818. The van der Waals surface area contributed by atoms with Crippen molar-refractivity contribution in [1.29, 1.82) is 0 Å². The van der Waals surface area contributed by atoms with Gasteiger partial charge in [0.15, 0.2) is 0 Å². The van der Waals surface area contributed by atoms with E-state index in [1.165, 1.54) is 5.56 Å². The van der Waals surface area contributed by atoms with Crippen LogP contribution in [0.15, 0.2) is 30.3 Å². The molecule has 0 aliphatic heterocycles. The van der Waals surface area contributed by atoms with Crippen molar-refractivity contribution in [2.45, 2.75) is 37.3 Å². The van der Waals surface area contributed by atoms with Crippen LogP contribution in [0.25, 0.3) is 0 Å². The standard InChI is InChI=1S/C12H18N2.2ClH/c13-11-6-8-12(14,9-7-11)10-4-2-1-3-5-10;;/h1-5,11H,6-9,13-14H2;2*1H. The van der Waals surface area contributed by atoms with Crippen molar-refractivity contribution >= 4 is 24.8 Å². The Labute approximate surface area is 110 Å². The molecule has 0 atom stereocenters. The topological polar surface area (TPSA) is 52.0 Å². The van der Waals surface area contributed by atoms with Gasteiger partial charge in [-0.1, -0.05) is 30.3 Å². The first kappa shape index (κ1) is 15.7. The third-order valence-corrected chi connectivity index (χ3v) is 3.27. The van der Waals surface area contributed by atoms with Crippen LogP contribution >= 0.6 is 24.8 Å². The summed E-state index contributed by atoms with van der Waals surface area (Å²) in [6.45, 7) is 0. The maximum absolute atomic E-state index is 6.39. The summed E-state index contributed by atoms with van der Waals surface area (Å²) in [6, 6.07) is 10.7. The molecule has 1 aliphatic carbocycles. The van der Waals surface area contributed by atoms with E-state index in [4.69, 9.17) is 11.5 Å². The Kier molecular flexibility index (Phi) is 6.34. The van der Waals surface area contributed by atoms with Gasteiger partial charge in [-0.25, -0.2) is 0 Å². The van der Waals surface area contributed by atoms with Crippen LogP contribution in [0.1, 0.15) is 31.2 Å². The molecule has 0 bridgehead atoms. The number of halogens is 2. The second-order valence-electron chi connectivity index (χ2n) is 4.36. The average Bonchev–Trinajstić information content (AvgIpc) is 2.24. The number of hydrogen-bond acceptors (Lipinski definition) is 2. The molecule has 4 N–H and O–H groups in total. The first-order valence-corrected chi connectivity index (χ1v) is 5.31. The van der Waals surface area contributed by atoms with Crippen LogP contribution in [0.5, 0.6) is 0 Å². The van der Waals surface area contributed by atoms with Gasteiger partial charge in [0.1, 0.15) is 0 Å². The summed E-state index contributed by atoms with van der Waals surface area (Å²) < 4.78 is 0. The molecule has 92 valence electrons. The number of rotatable bonds is 1. The molecule has 2 nitrogen and oxygen atoms in total. The van der Waals surface area contributed by atoms with E-state index in [1.54, 1.807) is 0 Å². The van der Waals surface area contributed by atoms with E-state index in [9.17, 15) is 0 Å². The highest BCUT2D eigenvalue weighted by Gasteiger charge is 2.31. The first-order chi connectivity index (χ1) is 6.71. The van der Waals surface area contributed by atoms with E-state index in [1.807, 2.05) is 6.07 Å². The van der Waals surface area contributed by atoms with E-state index in [2.05, 4.69) is 24.3 Å². The van der Waals surface area contributed by atoms with Crippen LogP contribution < -0.4 is 11.5 Å². The van der Waals surface area contributed by atoms with Crippen LogP contribution in [0.3, 0.4) is 0 Å². The lowest BCUT2D eigenvalue weighted by molar-refractivity contribution is 0.278. The summed E-state index contributed by atoms with van der Waals surface area (Å²) in [5.74, 6) is 0. The third-order valence-electron chi connectivity index (χ3n) is 3.27. The van der Waals surface area contributed by atoms with Crippen LogP contribution in [-0.4, -0.2) is 6.04 Å². The zero-order chi connectivity index (χ0) is 10.0. The average molecular weight is 263 g/mol. The van der Waals surface area contributed by atoms with Gasteiger partial charge < -0.3 is 11.5 Å². The predicted octanol–water partition coefficient (Wildman–Crippen LogP) is 2.59. The zero-order valence-electron chi connectivity index (χ0n) is 9.26. The van der Waals surface area contributed by atoms with Crippen LogP contribution in [0, 0.1) is 0 Å². The third kappa shape index (κ3) is 3.36. The Morgan fingerprint density at radius 3 is 2.00 bits per heavy atom. The van der Waals surface area contributed by atoms with Crippen molar-refractivity contribution in [2.24, 2.45) is 11.5 Å². The Morgan fingerprint density at radius 2 is 1.50 bits per heavy atom. The fourth-order valence-electron chi connectivity index (χ4n) is 2.21. The molecule has 0 radical (unpaired) electrons. The van der Waals surface area contributed by atoms with E-state index in [0.29, 0.717) is 6.04 Å². The second kappa shape index (κ2) is 6.45. The maximum atomic E-state index is 6.39. The van der Waals surface area contributed by atoms with Gasteiger partial charge in [0, 0.05) is 11.6 Å². The van der Waals surface area contributed by atoms with Crippen molar-refractivity contribution in [1.82, 2.24) is 0 Å². The highest BCUT2D eigenvalue weighted by molar-refractivity contribution is 5.85. The molecule has 0 spiro atoms. The van der Waals surface area contributed by atoms with Gasteiger partial charge in [0.25, 0.3) is 0 Å². The van der Waals surface area contributed by atoms with E-state index < -0.39 is 0 Å². The minimum absolute atomic E-state index is 0. The summed E-state index contributed by atoms with van der Waals surface area (Å²) in [6.07, 6.45) is 4.12. The van der Waals surface area contributed by atoms with Crippen molar-refractivity contribution in [2.75, 3.05) is 0 Å². The summed E-state index contributed by atoms with van der Waals surface area (Å²) in [5, 5.41) is 0. The van der Waals surface area contributed by atoms with E-state index >= 15 is 0 Å². The number of hydrogen-bond donors (Lipinski definition) is 2.